The largest absolute Gasteiger partial charge is 0.497 e. The van der Waals surface area contributed by atoms with E-state index in [1.54, 1.807) is 37.3 Å². The molecule has 0 spiro atoms. The van der Waals surface area contributed by atoms with Gasteiger partial charge in [0.15, 0.2) is 11.5 Å². The number of ether oxygens (including phenoxy) is 2. The van der Waals surface area contributed by atoms with Gasteiger partial charge in [0.05, 0.1) is 19.8 Å². The number of carbonyl (C=O) groups excluding carboxylic acids is 2. The number of amides is 2. The fourth-order valence-corrected chi connectivity index (χ4v) is 3.32. The molecule has 1 aromatic heterocycles. The zero-order valence-corrected chi connectivity index (χ0v) is 19.1. The van der Waals surface area contributed by atoms with Gasteiger partial charge in [0.1, 0.15) is 5.75 Å². The Kier molecular flexibility index (Phi) is 8.60. The summed E-state index contributed by atoms with van der Waals surface area (Å²) in [6.45, 7) is 2.84. The van der Waals surface area contributed by atoms with Gasteiger partial charge in [-0.1, -0.05) is 35.5 Å². The molecule has 8 nitrogen and oxygen atoms in total. The van der Waals surface area contributed by atoms with Gasteiger partial charge in [0, 0.05) is 38.2 Å². The van der Waals surface area contributed by atoms with Crippen LogP contribution in [0.15, 0.2) is 65.2 Å². The van der Waals surface area contributed by atoms with Crippen LogP contribution < -0.4 is 10.1 Å². The molecule has 0 bridgehead atoms. The highest BCUT2D eigenvalue weighted by atomic mass is 16.5. The molecule has 174 valence electrons. The number of hydrogen-bond donors (Lipinski definition) is 1. The lowest BCUT2D eigenvalue weighted by molar-refractivity contribution is -0.121. The third-order valence-corrected chi connectivity index (χ3v) is 5.24. The number of nitrogens with one attached hydrogen (secondary N) is 1. The van der Waals surface area contributed by atoms with Gasteiger partial charge in [0.25, 0.3) is 5.91 Å². The highest BCUT2D eigenvalue weighted by Gasteiger charge is 2.21. The summed E-state index contributed by atoms with van der Waals surface area (Å²) in [6.07, 6.45) is 0.163. The van der Waals surface area contributed by atoms with E-state index in [4.69, 9.17) is 14.0 Å². The molecule has 0 radical (unpaired) electrons. The monoisotopic (exact) mass is 451 g/mol. The molecule has 1 atom stereocenters. The standard InChI is InChI=1S/C25H29N3O5/c1-18(19-7-5-4-6-8-19)26-24(29)13-14-28(15-16-31-2)25(30)22-17-23(33-27-22)20-9-11-21(32-3)12-10-20/h4-12,17-18H,13-16H2,1-3H3,(H,26,29). The normalized spacial score (nSPS) is 11.6. The zero-order chi connectivity index (χ0) is 23.6. The number of carbonyl (C=O) groups is 2. The molecule has 1 heterocycles. The van der Waals surface area contributed by atoms with Crippen molar-refractivity contribution in [1.82, 2.24) is 15.4 Å². The first-order valence-electron chi connectivity index (χ1n) is 10.8. The van der Waals surface area contributed by atoms with E-state index in [1.165, 1.54) is 0 Å². The summed E-state index contributed by atoms with van der Waals surface area (Å²) in [7, 11) is 3.16. The fourth-order valence-electron chi connectivity index (χ4n) is 3.32. The van der Waals surface area contributed by atoms with Crippen molar-refractivity contribution in [1.29, 1.82) is 0 Å². The van der Waals surface area contributed by atoms with Crippen LogP contribution in [0, 0.1) is 0 Å². The van der Waals surface area contributed by atoms with Gasteiger partial charge >= 0.3 is 0 Å². The molecule has 1 unspecified atom stereocenters. The molecule has 0 fully saturated rings. The first kappa shape index (κ1) is 24.0. The molecule has 0 saturated heterocycles. The van der Waals surface area contributed by atoms with Crippen LogP contribution in [0.25, 0.3) is 11.3 Å². The molecule has 3 rings (SSSR count). The van der Waals surface area contributed by atoms with E-state index in [0.29, 0.717) is 18.9 Å². The van der Waals surface area contributed by atoms with Gasteiger partial charge in [0.2, 0.25) is 5.91 Å². The van der Waals surface area contributed by atoms with E-state index in [1.807, 2.05) is 49.4 Å². The van der Waals surface area contributed by atoms with Crippen molar-refractivity contribution >= 4 is 11.8 Å². The van der Waals surface area contributed by atoms with Crippen LogP contribution in [0.4, 0.5) is 0 Å². The second-order valence-corrected chi connectivity index (χ2v) is 7.54. The van der Waals surface area contributed by atoms with E-state index in [9.17, 15) is 9.59 Å². The maximum atomic E-state index is 13.0. The Morgan fingerprint density at radius 1 is 1.06 bits per heavy atom. The molecular weight excluding hydrogens is 422 g/mol. The van der Waals surface area contributed by atoms with Crippen molar-refractivity contribution in [3.63, 3.8) is 0 Å². The molecule has 3 aromatic rings. The lowest BCUT2D eigenvalue weighted by Crippen LogP contribution is -2.38. The van der Waals surface area contributed by atoms with Crippen molar-refractivity contribution in [2.75, 3.05) is 33.9 Å². The molecule has 8 heteroatoms. The molecule has 0 aliphatic heterocycles. The van der Waals surface area contributed by atoms with Crippen LogP contribution >= 0.6 is 0 Å². The summed E-state index contributed by atoms with van der Waals surface area (Å²) in [4.78, 5) is 27.1. The Hall–Kier alpha value is -3.65. The topological polar surface area (TPSA) is 93.9 Å². The summed E-state index contributed by atoms with van der Waals surface area (Å²) in [6, 6.07) is 18.5. The van der Waals surface area contributed by atoms with E-state index in [0.717, 1.165) is 16.9 Å². The first-order valence-corrected chi connectivity index (χ1v) is 10.8. The molecule has 0 aliphatic rings. The van der Waals surface area contributed by atoms with Gasteiger partial charge in [-0.05, 0) is 36.8 Å². The molecule has 2 amide bonds. The van der Waals surface area contributed by atoms with Crippen molar-refractivity contribution in [3.8, 4) is 17.1 Å². The summed E-state index contributed by atoms with van der Waals surface area (Å²) in [5, 5.41) is 6.91. The van der Waals surface area contributed by atoms with E-state index in [-0.39, 0.29) is 36.5 Å². The maximum absolute atomic E-state index is 13.0. The predicted molar refractivity (Wildman–Crippen MR) is 124 cm³/mol. The van der Waals surface area contributed by atoms with Gasteiger partial charge in [-0.3, -0.25) is 9.59 Å². The number of rotatable bonds is 11. The van der Waals surface area contributed by atoms with E-state index >= 15 is 0 Å². The SMILES string of the molecule is COCCN(CCC(=O)NC(C)c1ccccc1)C(=O)c1cc(-c2ccc(OC)cc2)on1. The van der Waals surface area contributed by atoms with Gasteiger partial charge in [-0.25, -0.2) is 0 Å². The first-order chi connectivity index (χ1) is 16.0. The van der Waals surface area contributed by atoms with Crippen LogP contribution in [0.5, 0.6) is 5.75 Å². The van der Waals surface area contributed by atoms with Crippen molar-refractivity contribution < 1.29 is 23.6 Å². The Bertz CT molecular complexity index is 1030. The van der Waals surface area contributed by atoms with Crippen LogP contribution in [-0.4, -0.2) is 55.8 Å². The Morgan fingerprint density at radius 2 is 1.79 bits per heavy atom. The van der Waals surface area contributed by atoms with Gasteiger partial charge in [-0.15, -0.1) is 0 Å². The number of nitrogens with zero attached hydrogens (tertiary/aromatic N) is 2. The van der Waals surface area contributed by atoms with Crippen LogP contribution in [0.1, 0.15) is 35.4 Å². The lowest BCUT2D eigenvalue weighted by Gasteiger charge is -2.21. The Balaban J connectivity index is 1.62. The van der Waals surface area contributed by atoms with Crippen LogP contribution in [0.3, 0.4) is 0 Å². The number of benzene rings is 2. The van der Waals surface area contributed by atoms with E-state index in [2.05, 4.69) is 10.5 Å². The van der Waals surface area contributed by atoms with Crippen LogP contribution in [0.2, 0.25) is 0 Å². The summed E-state index contributed by atoms with van der Waals surface area (Å²) < 4.78 is 15.7. The third-order valence-electron chi connectivity index (χ3n) is 5.24. The fraction of sp³-hybridized carbons (Fsp3) is 0.320. The highest BCUT2D eigenvalue weighted by Crippen LogP contribution is 2.23. The zero-order valence-electron chi connectivity index (χ0n) is 19.1. The van der Waals surface area contributed by atoms with Gasteiger partial charge < -0.3 is 24.2 Å². The molecular formula is C25H29N3O5. The molecule has 2 aromatic carbocycles. The Morgan fingerprint density at radius 3 is 2.45 bits per heavy atom. The molecule has 1 N–H and O–H groups in total. The highest BCUT2D eigenvalue weighted by molar-refractivity contribution is 5.93. The predicted octanol–water partition coefficient (Wildman–Crippen LogP) is 3.71. The molecule has 0 aliphatic carbocycles. The second-order valence-electron chi connectivity index (χ2n) is 7.54. The minimum absolute atomic E-state index is 0.121. The molecule has 33 heavy (non-hydrogen) atoms. The lowest BCUT2D eigenvalue weighted by atomic mass is 10.1. The summed E-state index contributed by atoms with van der Waals surface area (Å²) >= 11 is 0. The maximum Gasteiger partial charge on any atom is 0.276 e. The van der Waals surface area contributed by atoms with Gasteiger partial charge in [-0.2, -0.15) is 0 Å². The number of methoxy groups -OCH3 is 2. The smallest absolute Gasteiger partial charge is 0.276 e. The number of hydrogen-bond acceptors (Lipinski definition) is 6. The molecule has 0 saturated carbocycles. The summed E-state index contributed by atoms with van der Waals surface area (Å²) in [5.74, 6) is 0.738. The average molecular weight is 452 g/mol. The minimum Gasteiger partial charge on any atom is -0.497 e. The third kappa shape index (κ3) is 6.66. The second kappa shape index (κ2) is 11.8. The minimum atomic E-state index is -0.320. The van der Waals surface area contributed by atoms with Crippen molar-refractivity contribution in [2.45, 2.75) is 19.4 Å². The summed E-state index contributed by atoms with van der Waals surface area (Å²) in [5.41, 5.74) is 1.97. The number of aromatic nitrogens is 1. The van der Waals surface area contributed by atoms with Crippen molar-refractivity contribution in [3.05, 3.63) is 71.9 Å². The average Bonchev–Trinajstić information content (AvgIpc) is 3.34. The van der Waals surface area contributed by atoms with Crippen LogP contribution in [-0.2, 0) is 9.53 Å². The Labute approximate surface area is 193 Å². The van der Waals surface area contributed by atoms with Crippen molar-refractivity contribution in [2.24, 2.45) is 0 Å². The quantitative estimate of drug-likeness (QED) is 0.478. The van der Waals surface area contributed by atoms with E-state index < -0.39 is 0 Å².